The Morgan fingerprint density at radius 3 is 2.69 bits per heavy atom. The zero-order valence-electron chi connectivity index (χ0n) is 21.5. The zero-order chi connectivity index (χ0) is 25.4. The SMILES string of the molecule is COC(=O)/C(=C/C(=O)O[C@@H]1C(OC)=C[C@]23CCCN2CCc2cc4c(cc2[C@H]13)OCO4)CCC(C)C. The Morgan fingerprint density at radius 1 is 1.19 bits per heavy atom. The fourth-order valence-electron chi connectivity index (χ4n) is 6.20. The van der Waals surface area contributed by atoms with Crippen LogP contribution in [0.3, 0.4) is 0 Å². The van der Waals surface area contributed by atoms with Crippen molar-refractivity contribution in [2.45, 2.75) is 63.5 Å². The van der Waals surface area contributed by atoms with Crippen molar-refractivity contribution in [1.82, 2.24) is 4.90 Å². The Balaban J connectivity index is 1.51. The fourth-order valence-corrected chi connectivity index (χ4v) is 6.20. The molecule has 0 aromatic heterocycles. The van der Waals surface area contributed by atoms with Gasteiger partial charge in [-0.2, -0.15) is 0 Å². The summed E-state index contributed by atoms with van der Waals surface area (Å²) in [6.45, 7) is 6.23. The molecule has 1 aromatic carbocycles. The van der Waals surface area contributed by atoms with Crippen LogP contribution in [0, 0.1) is 5.92 Å². The quantitative estimate of drug-likeness (QED) is 0.415. The van der Waals surface area contributed by atoms with Gasteiger partial charge in [0.25, 0.3) is 0 Å². The van der Waals surface area contributed by atoms with Gasteiger partial charge in [-0.3, -0.25) is 4.90 Å². The number of benzene rings is 1. The summed E-state index contributed by atoms with van der Waals surface area (Å²) in [5, 5.41) is 0. The van der Waals surface area contributed by atoms with Gasteiger partial charge in [0.05, 0.1) is 25.7 Å². The Morgan fingerprint density at radius 2 is 1.97 bits per heavy atom. The van der Waals surface area contributed by atoms with E-state index in [4.69, 9.17) is 23.7 Å². The van der Waals surface area contributed by atoms with Gasteiger partial charge in [-0.15, -0.1) is 0 Å². The zero-order valence-corrected chi connectivity index (χ0v) is 21.5. The summed E-state index contributed by atoms with van der Waals surface area (Å²) < 4.78 is 28.2. The highest BCUT2D eigenvalue weighted by molar-refractivity contribution is 5.96. The van der Waals surface area contributed by atoms with Gasteiger partial charge < -0.3 is 23.7 Å². The molecular formula is C28H35NO7. The second-order valence-electron chi connectivity index (χ2n) is 10.4. The highest BCUT2D eigenvalue weighted by Crippen LogP contribution is 2.55. The van der Waals surface area contributed by atoms with Gasteiger partial charge in [-0.05, 0) is 73.9 Å². The second kappa shape index (κ2) is 9.81. The van der Waals surface area contributed by atoms with E-state index >= 15 is 0 Å². The van der Waals surface area contributed by atoms with Gasteiger partial charge in [-0.25, -0.2) is 9.59 Å². The van der Waals surface area contributed by atoms with Crippen LogP contribution in [0.5, 0.6) is 11.5 Å². The fraction of sp³-hybridized carbons (Fsp3) is 0.571. The van der Waals surface area contributed by atoms with Crippen LogP contribution in [-0.4, -0.2) is 62.6 Å². The van der Waals surface area contributed by atoms with E-state index in [1.165, 1.54) is 18.7 Å². The largest absolute Gasteiger partial charge is 0.497 e. The van der Waals surface area contributed by atoms with Gasteiger partial charge in [-0.1, -0.05) is 13.8 Å². The summed E-state index contributed by atoms with van der Waals surface area (Å²) in [5.41, 5.74) is 2.29. The highest BCUT2D eigenvalue weighted by atomic mass is 16.7. The number of rotatable bonds is 7. The van der Waals surface area contributed by atoms with Crippen LogP contribution < -0.4 is 9.47 Å². The maximum absolute atomic E-state index is 13.2. The first-order valence-corrected chi connectivity index (χ1v) is 12.8. The van der Waals surface area contributed by atoms with Crippen molar-refractivity contribution in [3.8, 4) is 11.5 Å². The lowest BCUT2D eigenvalue weighted by molar-refractivity contribution is -0.145. The minimum Gasteiger partial charge on any atom is -0.497 e. The minimum atomic E-state index is -0.624. The number of carbonyl (C=O) groups is 2. The lowest BCUT2D eigenvalue weighted by Gasteiger charge is -2.39. The molecule has 8 nitrogen and oxygen atoms in total. The number of hydrogen-bond donors (Lipinski definition) is 0. The molecule has 0 saturated carbocycles. The normalized spacial score (nSPS) is 26.6. The predicted octanol–water partition coefficient (Wildman–Crippen LogP) is 3.88. The van der Waals surface area contributed by atoms with Crippen LogP contribution in [0.25, 0.3) is 0 Å². The molecular weight excluding hydrogens is 462 g/mol. The Kier molecular flexibility index (Phi) is 6.72. The van der Waals surface area contributed by atoms with Crippen molar-refractivity contribution >= 4 is 11.9 Å². The second-order valence-corrected chi connectivity index (χ2v) is 10.4. The van der Waals surface area contributed by atoms with Gasteiger partial charge in [0.1, 0.15) is 5.76 Å². The number of nitrogens with zero attached hydrogens (tertiary/aromatic N) is 1. The number of ether oxygens (including phenoxy) is 5. The van der Waals surface area contributed by atoms with Gasteiger partial charge in [0.2, 0.25) is 6.79 Å². The molecule has 1 saturated heterocycles. The van der Waals surface area contributed by atoms with Gasteiger partial charge >= 0.3 is 11.9 Å². The van der Waals surface area contributed by atoms with E-state index in [0.717, 1.165) is 50.1 Å². The Bertz CT molecular complexity index is 1110. The summed E-state index contributed by atoms with van der Waals surface area (Å²) in [4.78, 5) is 28.1. The topological polar surface area (TPSA) is 83.5 Å². The lowest BCUT2D eigenvalue weighted by atomic mass is 9.77. The van der Waals surface area contributed by atoms with Crippen molar-refractivity contribution < 1.29 is 33.3 Å². The van der Waals surface area contributed by atoms with Crippen LogP contribution in [0.15, 0.2) is 35.6 Å². The molecule has 1 aliphatic carbocycles. The molecule has 5 rings (SSSR count). The van der Waals surface area contributed by atoms with Crippen molar-refractivity contribution in [3.63, 3.8) is 0 Å². The molecule has 194 valence electrons. The molecule has 0 amide bonds. The summed E-state index contributed by atoms with van der Waals surface area (Å²) in [7, 11) is 2.94. The monoisotopic (exact) mass is 497 g/mol. The van der Waals surface area contributed by atoms with Crippen molar-refractivity contribution in [2.75, 3.05) is 34.1 Å². The summed E-state index contributed by atoms with van der Waals surface area (Å²) >= 11 is 0. The third kappa shape index (κ3) is 4.25. The number of carbonyl (C=O) groups excluding carboxylic acids is 2. The predicted molar refractivity (Wildman–Crippen MR) is 132 cm³/mol. The van der Waals surface area contributed by atoms with Crippen molar-refractivity contribution in [2.24, 2.45) is 5.92 Å². The molecule has 4 aliphatic rings. The average molecular weight is 498 g/mol. The first kappa shape index (κ1) is 24.7. The minimum absolute atomic E-state index is 0.156. The Labute approximate surface area is 212 Å². The van der Waals surface area contributed by atoms with Gasteiger partial charge in [0.15, 0.2) is 17.6 Å². The first-order valence-electron chi connectivity index (χ1n) is 12.8. The number of methoxy groups -OCH3 is 2. The van der Waals surface area contributed by atoms with Crippen LogP contribution in [0.2, 0.25) is 0 Å². The molecule has 1 aromatic rings. The molecule has 1 spiro atoms. The van der Waals surface area contributed by atoms with Crippen LogP contribution in [0.1, 0.15) is 56.6 Å². The van der Waals surface area contributed by atoms with Crippen LogP contribution in [0.4, 0.5) is 0 Å². The molecule has 0 unspecified atom stereocenters. The standard InChI is InChI=1S/C28H35NO7/c1-17(2)6-7-19(27(31)33-4)13-24(30)36-26-23(32-3)15-28-9-5-10-29(28)11-8-18-12-21-22(35-16-34-21)14-20(18)25(26)28/h12-15,17,25-26H,5-11,16H2,1-4H3/b19-13+/t25-,26-,28+/m1/s1. The maximum Gasteiger partial charge on any atom is 0.333 e. The lowest BCUT2D eigenvalue weighted by Crippen LogP contribution is -2.47. The molecule has 3 aliphatic heterocycles. The van der Waals surface area contributed by atoms with Crippen LogP contribution >= 0.6 is 0 Å². The molecule has 8 heteroatoms. The average Bonchev–Trinajstić information content (AvgIpc) is 3.54. The molecule has 3 atom stereocenters. The van der Waals surface area contributed by atoms with E-state index in [0.29, 0.717) is 29.4 Å². The van der Waals surface area contributed by atoms with Gasteiger partial charge in [0, 0.05) is 18.2 Å². The van der Waals surface area contributed by atoms with Crippen molar-refractivity contribution in [3.05, 3.63) is 46.7 Å². The van der Waals surface area contributed by atoms with E-state index in [1.807, 2.05) is 0 Å². The van der Waals surface area contributed by atoms with E-state index in [1.54, 1.807) is 7.11 Å². The van der Waals surface area contributed by atoms with E-state index in [2.05, 4.69) is 37.0 Å². The molecule has 36 heavy (non-hydrogen) atoms. The molecule has 1 fully saturated rings. The summed E-state index contributed by atoms with van der Waals surface area (Å²) in [6.07, 6.45) is 6.92. The number of esters is 2. The first-order chi connectivity index (χ1) is 17.4. The maximum atomic E-state index is 13.2. The van der Waals surface area contributed by atoms with Crippen molar-refractivity contribution in [1.29, 1.82) is 0 Å². The molecule has 0 N–H and O–H groups in total. The van der Waals surface area contributed by atoms with E-state index in [9.17, 15) is 9.59 Å². The third-order valence-electron chi connectivity index (χ3n) is 7.94. The van der Waals surface area contributed by atoms with E-state index in [-0.39, 0.29) is 18.2 Å². The molecule has 3 heterocycles. The number of hydrogen-bond acceptors (Lipinski definition) is 8. The van der Waals surface area contributed by atoms with Crippen LogP contribution in [-0.2, 0) is 30.2 Å². The smallest absolute Gasteiger partial charge is 0.333 e. The number of fused-ring (bicyclic) bond motifs is 3. The molecule has 0 radical (unpaired) electrons. The molecule has 0 bridgehead atoms. The Hall–Kier alpha value is -3.00. The highest BCUT2D eigenvalue weighted by Gasteiger charge is 2.58. The summed E-state index contributed by atoms with van der Waals surface area (Å²) in [6, 6.07) is 4.12. The third-order valence-corrected chi connectivity index (χ3v) is 7.94. The summed E-state index contributed by atoms with van der Waals surface area (Å²) in [5.74, 6) is 1.26. The van der Waals surface area contributed by atoms with E-state index < -0.39 is 18.0 Å².